The number of alkyl halides is 3. The van der Waals surface area contributed by atoms with E-state index in [9.17, 15) is 18.0 Å². The van der Waals surface area contributed by atoms with E-state index < -0.39 is 11.7 Å². The summed E-state index contributed by atoms with van der Waals surface area (Å²) in [7, 11) is 0. The first-order valence-electron chi connectivity index (χ1n) is 8.07. The zero-order valence-corrected chi connectivity index (χ0v) is 14.8. The highest BCUT2D eigenvalue weighted by molar-refractivity contribution is 6.30. The number of nitrogens with one attached hydrogen (secondary N) is 1. The van der Waals surface area contributed by atoms with Gasteiger partial charge in [0, 0.05) is 36.5 Å². The van der Waals surface area contributed by atoms with Gasteiger partial charge in [0.1, 0.15) is 5.65 Å². The summed E-state index contributed by atoms with van der Waals surface area (Å²) in [4.78, 5) is 16.1. The molecule has 1 aromatic carbocycles. The van der Waals surface area contributed by atoms with Crippen molar-refractivity contribution in [3.8, 4) is 0 Å². The summed E-state index contributed by atoms with van der Waals surface area (Å²) in [5.41, 5.74) is 1.12. The van der Waals surface area contributed by atoms with Crippen molar-refractivity contribution < 1.29 is 18.0 Å². The Hall–Kier alpha value is -2.80. The highest BCUT2D eigenvalue weighted by atomic mass is 35.5. The van der Waals surface area contributed by atoms with Crippen LogP contribution in [0, 0.1) is 0 Å². The molecule has 2 heterocycles. The fraction of sp³-hybridized carbons (Fsp3) is 0.158. The van der Waals surface area contributed by atoms with Crippen LogP contribution in [-0.2, 0) is 17.4 Å². The van der Waals surface area contributed by atoms with Crippen molar-refractivity contribution in [3.05, 3.63) is 76.7 Å². The normalized spacial score (nSPS) is 12.0. The summed E-state index contributed by atoms with van der Waals surface area (Å²) < 4.78 is 39.5. The van der Waals surface area contributed by atoms with Crippen molar-refractivity contribution in [3.63, 3.8) is 0 Å². The molecule has 0 unspecified atom stereocenters. The fourth-order valence-corrected chi connectivity index (χ4v) is 2.58. The average molecular weight is 394 g/mol. The van der Waals surface area contributed by atoms with Crippen LogP contribution in [0.1, 0.15) is 16.8 Å². The number of aromatic nitrogens is 2. The molecule has 0 fully saturated rings. The summed E-state index contributed by atoms with van der Waals surface area (Å²) in [6.45, 7) is 0.319. The number of pyridine rings is 1. The van der Waals surface area contributed by atoms with E-state index in [-0.39, 0.29) is 5.91 Å². The van der Waals surface area contributed by atoms with Gasteiger partial charge in [-0.25, -0.2) is 4.98 Å². The van der Waals surface area contributed by atoms with Gasteiger partial charge >= 0.3 is 6.18 Å². The largest absolute Gasteiger partial charge is 0.417 e. The number of hydrogen-bond acceptors (Lipinski definition) is 2. The topological polar surface area (TPSA) is 46.4 Å². The van der Waals surface area contributed by atoms with Crippen LogP contribution in [0.2, 0.25) is 5.02 Å². The molecule has 0 aliphatic carbocycles. The van der Waals surface area contributed by atoms with Crippen LogP contribution in [0.3, 0.4) is 0 Å². The Bertz CT molecular complexity index is 978. The zero-order valence-electron chi connectivity index (χ0n) is 14.0. The molecule has 1 N–H and O–H groups in total. The van der Waals surface area contributed by atoms with Crippen molar-refractivity contribution in [2.45, 2.75) is 12.6 Å². The summed E-state index contributed by atoms with van der Waals surface area (Å²) in [6.07, 6.45) is 1.60. The standard InChI is InChI=1S/C19H15ClF3N3O/c20-15-5-1-13(2-6-15)3-8-18(27)24-10-9-16-12-26-11-14(19(21,22)23)4-7-17(26)25-16/h1-8,11-12H,9-10H2,(H,24,27)/b8-3+. The summed E-state index contributed by atoms with van der Waals surface area (Å²) in [6, 6.07) is 9.35. The first kappa shape index (κ1) is 19.0. The molecule has 0 spiro atoms. The van der Waals surface area contributed by atoms with Crippen LogP contribution in [0.15, 0.2) is 54.9 Å². The summed E-state index contributed by atoms with van der Waals surface area (Å²) in [5.74, 6) is -0.270. The van der Waals surface area contributed by atoms with E-state index in [1.54, 1.807) is 30.3 Å². The molecule has 0 saturated carbocycles. The van der Waals surface area contributed by atoms with E-state index in [0.29, 0.717) is 29.3 Å². The molecule has 0 saturated heterocycles. The van der Waals surface area contributed by atoms with Crippen LogP contribution in [0.25, 0.3) is 11.7 Å². The van der Waals surface area contributed by atoms with Crippen molar-refractivity contribution in [1.29, 1.82) is 0 Å². The quantitative estimate of drug-likeness (QED) is 0.654. The van der Waals surface area contributed by atoms with Gasteiger partial charge in [0.2, 0.25) is 5.91 Å². The monoisotopic (exact) mass is 393 g/mol. The van der Waals surface area contributed by atoms with Gasteiger partial charge in [0.15, 0.2) is 0 Å². The SMILES string of the molecule is O=C(/C=C/c1ccc(Cl)cc1)NCCc1cn2cc(C(F)(F)F)ccc2n1. The average Bonchev–Trinajstić information content (AvgIpc) is 3.02. The fourth-order valence-electron chi connectivity index (χ4n) is 2.45. The summed E-state index contributed by atoms with van der Waals surface area (Å²) in [5, 5.41) is 3.33. The predicted octanol–water partition coefficient (Wildman–Crippen LogP) is 4.38. The molecular formula is C19H15ClF3N3O. The third kappa shape index (κ3) is 5.10. The minimum Gasteiger partial charge on any atom is -0.352 e. The van der Waals surface area contributed by atoms with Crippen LogP contribution in [-0.4, -0.2) is 21.8 Å². The first-order valence-corrected chi connectivity index (χ1v) is 8.45. The molecule has 3 aromatic rings. The number of imidazole rings is 1. The highest BCUT2D eigenvalue weighted by Crippen LogP contribution is 2.29. The lowest BCUT2D eigenvalue weighted by Crippen LogP contribution is -2.23. The number of nitrogens with zero attached hydrogens (tertiary/aromatic N) is 2. The molecule has 0 aliphatic heterocycles. The van der Waals surface area contributed by atoms with Gasteiger partial charge in [-0.15, -0.1) is 0 Å². The van der Waals surface area contributed by atoms with E-state index in [2.05, 4.69) is 10.3 Å². The maximum Gasteiger partial charge on any atom is 0.417 e. The Kier molecular flexibility index (Phi) is 5.51. The van der Waals surface area contributed by atoms with E-state index in [4.69, 9.17) is 11.6 Å². The van der Waals surface area contributed by atoms with Gasteiger partial charge in [-0.05, 0) is 35.9 Å². The third-order valence-electron chi connectivity index (χ3n) is 3.81. The molecule has 27 heavy (non-hydrogen) atoms. The van der Waals surface area contributed by atoms with Crippen molar-refractivity contribution >= 4 is 29.2 Å². The Morgan fingerprint density at radius 3 is 2.59 bits per heavy atom. The number of rotatable bonds is 5. The third-order valence-corrected chi connectivity index (χ3v) is 4.06. The zero-order chi connectivity index (χ0) is 19.4. The molecule has 1 amide bonds. The Morgan fingerprint density at radius 1 is 1.15 bits per heavy atom. The Balaban J connectivity index is 1.55. The smallest absolute Gasteiger partial charge is 0.352 e. The number of fused-ring (bicyclic) bond motifs is 1. The van der Waals surface area contributed by atoms with Crippen LogP contribution < -0.4 is 5.32 Å². The first-order chi connectivity index (χ1) is 12.8. The van der Waals surface area contributed by atoms with Crippen LogP contribution >= 0.6 is 11.6 Å². The van der Waals surface area contributed by atoms with Crippen molar-refractivity contribution in [2.24, 2.45) is 0 Å². The number of halogens is 4. The molecule has 8 heteroatoms. The number of carbonyl (C=O) groups is 1. The van der Waals surface area contributed by atoms with Crippen LogP contribution in [0.5, 0.6) is 0 Å². The second-order valence-corrected chi connectivity index (χ2v) is 6.28. The second kappa shape index (κ2) is 7.84. The molecule has 140 valence electrons. The Morgan fingerprint density at radius 2 is 1.89 bits per heavy atom. The van der Waals surface area contributed by atoms with Crippen LogP contribution in [0.4, 0.5) is 13.2 Å². The molecule has 3 rings (SSSR count). The van der Waals surface area contributed by atoms with Gasteiger partial charge in [0.25, 0.3) is 0 Å². The molecule has 0 aliphatic rings. The number of benzene rings is 1. The lowest BCUT2D eigenvalue weighted by atomic mass is 10.2. The highest BCUT2D eigenvalue weighted by Gasteiger charge is 2.30. The van der Waals surface area contributed by atoms with E-state index >= 15 is 0 Å². The molecule has 0 atom stereocenters. The maximum atomic E-state index is 12.7. The second-order valence-electron chi connectivity index (χ2n) is 5.84. The molecule has 2 aromatic heterocycles. The Labute approximate surface area is 158 Å². The molecule has 0 bridgehead atoms. The van der Waals surface area contributed by atoms with E-state index in [0.717, 1.165) is 17.8 Å². The molecular weight excluding hydrogens is 379 g/mol. The van der Waals surface area contributed by atoms with Gasteiger partial charge in [-0.2, -0.15) is 13.2 Å². The lowest BCUT2D eigenvalue weighted by molar-refractivity contribution is -0.137. The van der Waals surface area contributed by atoms with E-state index in [1.807, 2.05) is 0 Å². The van der Waals surface area contributed by atoms with Gasteiger partial charge in [0.05, 0.1) is 11.3 Å². The minimum absolute atomic E-state index is 0.270. The summed E-state index contributed by atoms with van der Waals surface area (Å²) >= 11 is 5.79. The minimum atomic E-state index is -4.40. The van der Waals surface area contributed by atoms with Gasteiger partial charge in [-0.3, -0.25) is 4.79 Å². The lowest BCUT2D eigenvalue weighted by Gasteiger charge is -2.05. The maximum absolute atomic E-state index is 12.7. The van der Waals surface area contributed by atoms with E-state index in [1.165, 1.54) is 22.7 Å². The van der Waals surface area contributed by atoms with Crippen molar-refractivity contribution in [1.82, 2.24) is 14.7 Å². The van der Waals surface area contributed by atoms with Gasteiger partial charge in [-0.1, -0.05) is 23.7 Å². The van der Waals surface area contributed by atoms with Crippen molar-refractivity contribution in [2.75, 3.05) is 6.54 Å². The number of amides is 1. The molecule has 0 radical (unpaired) electrons. The predicted molar refractivity (Wildman–Crippen MR) is 97.4 cm³/mol. The molecule has 4 nitrogen and oxygen atoms in total. The van der Waals surface area contributed by atoms with Gasteiger partial charge < -0.3 is 9.72 Å². The number of hydrogen-bond donors (Lipinski definition) is 1. The number of carbonyl (C=O) groups excluding carboxylic acids is 1.